The third kappa shape index (κ3) is 3.24. The highest BCUT2D eigenvalue weighted by Crippen LogP contribution is 2.16. The summed E-state index contributed by atoms with van der Waals surface area (Å²) in [4.78, 5) is 11.7. The number of rotatable bonds is 4. The summed E-state index contributed by atoms with van der Waals surface area (Å²) < 4.78 is 0. The lowest BCUT2D eigenvalue weighted by Crippen LogP contribution is -2.31. The van der Waals surface area contributed by atoms with Crippen LogP contribution < -0.4 is 11.1 Å². The number of hydrogen-bond acceptors (Lipinski definition) is 3. The van der Waals surface area contributed by atoms with Gasteiger partial charge in [0.15, 0.2) is 0 Å². The second-order valence-corrected chi connectivity index (χ2v) is 4.05. The van der Waals surface area contributed by atoms with E-state index in [4.69, 9.17) is 5.73 Å². The van der Waals surface area contributed by atoms with Gasteiger partial charge in [0.25, 0.3) is 5.91 Å². The number of carbonyl (C=O) groups excluding carboxylic acids is 1. The maximum absolute atomic E-state index is 11.7. The van der Waals surface area contributed by atoms with E-state index in [0.717, 1.165) is 0 Å². The van der Waals surface area contributed by atoms with Crippen LogP contribution in [-0.4, -0.2) is 24.1 Å². The summed E-state index contributed by atoms with van der Waals surface area (Å²) in [6, 6.07) is 4.79. The number of nitrogens with two attached hydrogens (primary N) is 1. The Balaban J connectivity index is 2.63. The summed E-state index contributed by atoms with van der Waals surface area (Å²) in [6.07, 6.45) is 0. The van der Waals surface area contributed by atoms with Gasteiger partial charge in [0.1, 0.15) is 5.75 Å². The molecule has 0 heterocycles. The summed E-state index contributed by atoms with van der Waals surface area (Å²) in [6.45, 7) is 4.85. The van der Waals surface area contributed by atoms with E-state index in [1.54, 1.807) is 19.1 Å². The highest BCUT2D eigenvalue weighted by molar-refractivity contribution is 5.94. The second-order valence-electron chi connectivity index (χ2n) is 4.05. The lowest BCUT2D eigenvalue weighted by molar-refractivity contribution is 0.0948. The molecule has 0 aromatic heterocycles. The van der Waals surface area contributed by atoms with Crippen molar-refractivity contribution in [3.63, 3.8) is 0 Å². The minimum absolute atomic E-state index is 0.136. The SMILES string of the molecule is Cc1cc(C(=O)NCC(C)CN)ccc1O. The number of nitrogens with one attached hydrogen (secondary N) is 1. The molecule has 1 unspecified atom stereocenters. The third-order valence-electron chi connectivity index (χ3n) is 2.47. The molecule has 1 amide bonds. The topological polar surface area (TPSA) is 75.4 Å². The molecule has 0 aliphatic rings. The van der Waals surface area contributed by atoms with Crippen LogP contribution in [0.4, 0.5) is 0 Å². The monoisotopic (exact) mass is 222 g/mol. The zero-order valence-electron chi connectivity index (χ0n) is 9.66. The third-order valence-corrected chi connectivity index (χ3v) is 2.47. The number of carbonyl (C=O) groups is 1. The Kier molecular flexibility index (Phi) is 4.31. The average molecular weight is 222 g/mol. The van der Waals surface area contributed by atoms with Crippen molar-refractivity contribution in [1.29, 1.82) is 0 Å². The molecule has 0 fully saturated rings. The maximum Gasteiger partial charge on any atom is 0.251 e. The van der Waals surface area contributed by atoms with Crippen LogP contribution in [0.25, 0.3) is 0 Å². The standard InChI is InChI=1S/C12H18N2O2/c1-8(6-13)7-14-12(16)10-3-4-11(15)9(2)5-10/h3-5,8,15H,6-7,13H2,1-2H3,(H,14,16). The van der Waals surface area contributed by atoms with Crippen LogP contribution in [0.15, 0.2) is 18.2 Å². The van der Waals surface area contributed by atoms with E-state index in [9.17, 15) is 9.90 Å². The van der Waals surface area contributed by atoms with Gasteiger partial charge in [-0.3, -0.25) is 4.79 Å². The lowest BCUT2D eigenvalue weighted by atomic mass is 10.1. The van der Waals surface area contributed by atoms with Crippen LogP contribution in [0.3, 0.4) is 0 Å². The first-order valence-corrected chi connectivity index (χ1v) is 5.32. The summed E-state index contributed by atoms with van der Waals surface area (Å²) in [5, 5.41) is 12.1. The van der Waals surface area contributed by atoms with Crippen LogP contribution >= 0.6 is 0 Å². The van der Waals surface area contributed by atoms with Gasteiger partial charge in [0.05, 0.1) is 0 Å². The van der Waals surface area contributed by atoms with Crippen molar-refractivity contribution in [2.45, 2.75) is 13.8 Å². The predicted octanol–water partition coefficient (Wildman–Crippen LogP) is 1.03. The number of amides is 1. The second kappa shape index (κ2) is 5.51. The highest BCUT2D eigenvalue weighted by atomic mass is 16.3. The van der Waals surface area contributed by atoms with Crippen molar-refractivity contribution in [2.75, 3.05) is 13.1 Å². The van der Waals surface area contributed by atoms with Crippen LogP contribution in [0.5, 0.6) is 5.75 Å². The van der Waals surface area contributed by atoms with Gasteiger partial charge >= 0.3 is 0 Å². The average Bonchev–Trinajstić information content (AvgIpc) is 2.29. The number of aryl methyl sites for hydroxylation is 1. The molecule has 0 radical (unpaired) electrons. The molecule has 1 aromatic rings. The van der Waals surface area contributed by atoms with E-state index in [-0.39, 0.29) is 17.6 Å². The molecule has 0 saturated carbocycles. The molecule has 0 saturated heterocycles. The Bertz CT molecular complexity index is 377. The minimum Gasteiger partial charge on any atom is -0.508 e. The summed E-state index contributed by atoms with van der Waals surface area (Å²) in [5.74, 6) is 0.331. The van der Waals surface area contributed by atoms with Gasteiger partial charge < -0.3 is 16.2 Å². The van der Waals surface area contributed by atoms with Gasteiger partial charge in [-0.25, -0.2) is 0 Å². The van der Waals surface area contributed by atoms with Crippen molar-refractivity contribution in [2.24, 2.45) is 11.7 Å². The van der Waals surface area contributed by atoms with Gasteiger partial charge in [-0.1, -0.05) is 6.92 Å². The van der Waals surface area contributed by atoms with Crippen molar-refractivity contribution in [3.8, 4) is 5.75 Å². The van der Waals surface area contributed by atoms with Gasteiger partial charge in [-0.15, -0.1) is 0 Å². The van der Waals surface area contributed by atoms with Crippen molar-refractivity contribution < 1.29 is 9.90 Å². The van der Waals surface area contributed by atoms with Crippen LogP contribution in [-0.2, 0) is 0 Å². The van der Waals surface area contributed by atoms with Crippen LogP contribution in [0.2, 0.25) is 0 Å². The van der Waals surface area contributed by atoms with Gasteiger partial charge in [0.2, 0.25) is 0 Å². The fourth-order valence-corrected chi connectivity index (χ4v) is 1.25. The van der Waals surface area contributed by atoms with Gasteiger partial charge in [-0.05, 0) is 43.1 Å². The Morgan fingerprint density at radius 2 is 2.25 bits per heavy atom. The molecule has 4 heteroatoms. The molecule has 0 aliphatic carbocycles. The molecule has 0 aliphatic heterocycles. The van der Waals surface area contributed by atoms with E-state index >= 15 is 0 Å². The highest BCUT2D eigenvalue weighted by Gasteiger charge is 2.08. The smallest absolute Gasteiger partial charge is 0.251 e. The Morgan fingerprint density at radius 3 is 2.81 bits per heavy atom. The van der Waals surface area contributed by atoms with E-state index in [2.05, 4.69) is 5.32 Å². The number of hydrogen-bond donors (Lipinski definition) is 3. The first-order chi connectivity index (χ1) is 7.54. The van der Waals surface area contributed by atoms with E-state index in [0.29, 0.717) is 24.2 Å². The molecule has 1 rings (SSSR count). The molecule has 1 aromatic carbocycles. The zero-order valence-corrected chi connectivity index (χ0v) is 9.66. The molecule has 4 N–H and O–H groups in total. The normalized spacial score (nSPS) is 12.2. The van der Waals surface area contributed by atoms with Gasteiger partial charge in [-0.2, -0.15) is 0 Å². The minimum atomic E-state index is -0.136. The Labute approximate surface area is 95.5 Å². The van der Waals surface area contributed by atoms with Crippen LogP contribution in [0, 0.1) is 12.8 Å². The van der Waals surface area contributed by atoms with Gasteiger partial charge in [0, 0.05) is 12.1 Å². The Morgan fingerprint density at radius 1 is 1.56 bits per heavy atom. The maximum atomic E-state index is 11.7. The fraction of sp³-hybridized carbons (Fsp3) is 0.417. The first kappa shape index (κ1) is 12.5. The van der Waals surface area contributed by atoms with E-state index in [1.807, 2.05) is 6.92 Å². The number of phenolic OH excluding ortho intramolecular Hbond substituents is 1. The molecule has 88 valence electrons. The fourth-order valence-electron chi connectivity index (χ4n) is 1.25. The number of benzene rings is 1. The lowest BCUT2D eigenvalue weighted by Gasteiger charge is -2.10. The van der Waals surface area contributed by atoms with E-state index in [1.165, 1.54) is 6.07 Å². The number of aromatic hydroxyl groups is 1. The summed E-state index contributed by atoms with van der Waals surface area (Å²) >= 11 is 0. The molecule has 0 spiro atoms. The van der Waals surface area contributed by atoms with Crippen molar-refractivity contribution in [3.05, 3.63) is 29.3 Å². The van der Waals surface area contributed by atoms with Crippen LogP contribution in [0.1, 0.15) is 22.8 Å². The van der Waals surface area contributed by atoms with Crippen molar-refractivity contribution in [1.82, 2.24) is 5.32 Å². The molecule has 4 nitrogen and oxygen atoms in total. The first-order valence-electron chi connectivity index (χ1n) is 5.32. The summed E-state index contributed by atoms with van der Waals surface area (Å²) in [7, 11) is 0. The van der Waals surface area contributed by atoms with Crippen molar-refractivity contribution >= 4 is 5.91 Å². The molecular weight excluding hydrogens is 204 g/mol. The predicted molar refractivity (Wildman–Crippen MR) is 63.4 cm³/mol. The zero-order chi connectivity index (χ0) is 12.1. The molecule has 16 heavy (non-hydrogen) atoms. The molecule has 1 atom stereocenters. The quantitative estimate of drug-likeness (QED) is 0.712. The Hall–Kier alpha value is -1.55. The number of phenols is 1. The van der Waals surface area contributed by atoms with E-state index < -0.39 is 0 Å². The molecule has 0 bridgehead atoms. The summed E-state index contributed by atoms with van der Waals surface area (Å²) in [5.41, 5.74) is 6.71. The molecular formula is C12H18N2O2. The largest absolute Gasteiger partial charge is 0.508 e.